The average Bonchev–Trinajstić information content (AvgIpc) is 3.04. The summed E-state index contributed by atoms with van der Waals surface area (Å²) >= 11 is 4.53. The minimum absolute atomic E-state index is 0.102. The summed E-state index contributed by atoms with van der Waals surface area (Å²) in [7, 11) is 3.11. The molecule has 1 amide bonds. The Balaban J connectivity index is 1.76. The van der Waals surface area contributed by atoms with Crippen LogP contribution in [-0.2, 0) is 0 Å². The molecule has 2 aromatic carbocycles. The molecular formula is C20H18N2O3S. The van der Waals surface area contributed by atoms with Crippen LogP contribution in [0.4, 0.5) is 5.69 Å². The molecule has 0 aromatic heterocycles. The summed E-state index contributed by atoms with van der Waals surface area (Å²) in [5.74, 6) is 0.964. The highest BCUT2D eigenvalue weighted by molar-refractivity contribution is 7.80. The Morgan fingerprint density at radius 1 is 1.12 bits per heavy atom. The number of fused-ring (bicyclic) bond motifs is 2. The first kappa shape index (κ1) is 16.7. The number of hydrogen-bond donors (Lipinski definition) is 1. The normalized spacial score (nSPS) is 18.1. The molecule has 132 valence electrons. The van der Waals surface area contributed by atoms with E-state index in [1.165, 1.54) is 0 Å². The van der Waals surface area contributed by atoms with Gasteiger partial charge < -0.3 is 14.4 Å². The van der Waals surface area contributed by atoms with E-state index in [1.807, 2.05) is 36.7 Å². The molecule has 0 bridgehead atoms. The Morgan fingerprint density at radius 2 is 1.85 bits per heavy atom. The number of nitrogens with zero attached hydrogens (tertiary/aromatic N) is 2. The second kappa shape index (κ2) is 6.53. The molecule has 4 rings (SSSR count). The van der Waals surface area contributed by atoms with E-state index >= 15 is 0 Å². The Morgan fingerprint density at radius 3 is 2.58 bits per heavy atom. The van der Waals surface area contributed by atoms with Gasteiger partial charge in [-0.05, 0) is 23.3 Å². The van der Waals surface area contributed by atoms with E-state index in [1.54, 1.807) is 31.3 Å². The lowest BCUT2D eigenvalue weighted by molar-refractivity contribution is 0.0817. The van der Waals surface area contributed by atoms with Crippen LogP contribution in [0.3, 0.4) is 0 Å². The molecule has 0 unspecified atom stereocenters. The molecule has 0 radical (unpaired) electrons. The maximum Gasteiger partial charge on any atom is 0.260 e. The minimum Gasteiger partial charge on any atom is -0.493 e. The van der Waals surface area contributed by atoms with Gasteiger partial charge >= 0.3 is 0 Å². The number of carbonyl (C=O) groups excluding carboxylic acids is 1. The molecule has 5 nitrogen and oxygen atoms in total. The van der Waals surface area contributed by atoms with Crippen LogP contribution in [0.1, 0.15) is 22.3 Å². The first-order valence-electron chi connectivity index (χ1n) is 8.24. The molecule has 26 heavy (non-hydrogen) atoms. The van der Waals surface area contributed by atoms with Gasteiger partial charge in [-0.2, -0.15) is 0 Å². The molecule has 0 saturated heterocycles. The molecule has 0 aliphatic carbocycles. The summed E-state index contributed by atoms with van der Waals surface area (Å²) in [6.45, 7) is 0. The zero-order chi connectivity index (χ0) is 18.3. The van der Waals surface area contributed by atoms with E-state index in [0.717, 1.165) is 16.0 Å². The highest BCUT2D eigenvalue weighted by Crippen LogP contribution is 2.40. The van der Waals surface area contributed by atoms with Crippen molar-refractivity contribution in [3.8, 4) is 11.5 Å². The minimum atomic E-state index is -0.116. The summed E-state index contributed by atoms with van der Waals surface area (Å²) < 4.78 is 10.7. The molecule has 0 spiro atoms. The predicted octanol–water partition coefficient (Wildman–Crippen LogP) is 3.96. The van der Waals surface area contributed by atoms with Crippen LogP contribution in [0.25, 0.3) is 5.57 Å². The number of thiol groups is 1. The number of carbonyl (C=O) groups is 1. The SMILES string of the molecule is COc1cc2c(cc1OC)C(=O)N1C=C(c3ccccc3S)C[C@H]1C=N2. The fourth-order valence-corrected chi connectivity index (χ4v) is 3.65. The first-order valence-corrected chi connectivity index (χ1v) is 8.69. The summed E-state index contributed by atoms with van der Waals surface area (Å²) in [4.78, 5) is 20.3. The number of aliphatic imine (C=N–C) groups is 1. The molecule has 0 fully saturated rings. The third-order valence-electron chi connectivity index (χ3n) is 4.68. The van der Waals surface area contributed by atoms with Gasteiger partial charge in [-0.3, -0.25) is 9.79 Å². The van der Waals surface area contributed by atoms with Crippen molar-refractivity contribution in [3.63, 3.8) is 0 Å². The fourth-order valence-electron chi connectivity index (χ4n) is 3.35. The zero-order valence-electron chi connectivity index (χ0n) is 14.5. The third-order valence-corrected chi connectivity index (χ3v) is 5.07. The van der Waals surface area contributed by atoms with Gasteiger partial charge in [-0.15, -0.1) is 12.6 Å². The van der Waals surface area contributed by atoms with Crippen LogP contribution < -0.4 is 9.47 Å². The summed E-state index contributed by atoms with van der Waals surface area (Å²) in [6.07, 6.45) is 4.43. The largest absolute Gasteiger partial charge is 0.493 e. The van der Waals surface area contributed by atoms with E-state index in [-0.39, 0.29) is 11.9 Å². The van der Waals surface area contributed by atoms with Crippen LogP contribution in [-0.4, -0.2) is 37.3 Å². The van der Waals surface area contributed by atoms with Crippen molar-refractivity contribution < 1.29 is 14.3 Å². The summed E-state index contributed by atoms with van der Waals surface area (Å²) in [6, 6.07) is 11.2. The maximum atomic E-state index is 13.1. The van der Waals surface area contributed by atoms with Crippen molar-refractivity contribution in [2.24, 2.45) is 4.99 Å². The number of benzene rings is 2. The summed E-state index contributed by atoms with van der Waals surface area (Å²) in [5, 5.41) is 0. The topological polar surface area (TPSA) is 51.1 Å². The lowest BCUT2D eigenvalue weighted by atomic mass is 10.0. The lowest BCUT2D eigenvalue weighted by Gasteiger charge is -2.18. The van der Waals surface area contributed by atoms with E-state index in [9.17, 15) is 4.79 Å². The zero-order valence-corrected chi connectivity index (χ0v) is 15.4. The quantitative estimate of drug-likeness (QED) is 0.837. The van der Waals surface area contributed by atoms with E-state index < -0.39 is 0 Å². The van der Waals surface area contributed by atoms with Gasteiger partial charge in [0.15, 0.2) is 11.5 Å². The van der Waals surface area contributed by atoms with Crippen molar-refractivity contribution in [2.75, 3.05) is 14.2 Å². The third kappa shape index (κ3) is 2.66. The van der Waals surface area contributed by atoms with Crippen LogP contribution in [0.2, 0.25) is 0 Å². The van der Waals surface area contributed by atoms with Crippen LogP contribution >= 0.6 is 12.6 Å². The van der Waals surface area contributed by atoms with E-state index in [4.69, 9.17) is 9.47 Å². The van der Waals surface area contributed by atoms with Gasteiger partial charge in [-0.1, -0.05) is 18.2 Å². The number of rotatable bonds is 3. The molecule has 0 saturated carbocycles. The molecule has 2 aliphatic heterocycles. The molecule has 1 atom stereocenters. The standard InChI is InChI=1S/C20H18N2O3S/c1-24-17-8-15-16(9-18(17)25-2)21-10-13-7-12(11-22(13)20(15)23)14-5-3-4-6-19(14)26/h3-6,8-11,13,26H,7H2,1-2H3/t13-/m0/s1. The fraction of sp³-hybridized carbons (Fsp3) is 0.200. The van der Waals surface area contributed by atoms with E-state index in [0.29, 0.717) is 29.2 Å². The van der Waals surface area contributed by atoms with Crippen LogP contribution in [0.15, 0.2) is 52.5 Å². The monoisotopic (exact) mass is 366 g/mol. The lowest BCUT2D eigenvalue weighted by Crippen LogP contribution is -2.32. The van der Waals surface area contributed by atoms with Crippen molar-refractivity contribution in [1.29, 1.82) is 0 Å². The second-order valence-corrected chi connectivity index (χ2v) is 6.64. The van der Waals surface area contributed by atoms with Gasteiger partial charge in [-0.25, -0.2) is 0 Å². The molecule has 2 aliphatic rings. The van der Waals surface area contributed by atoms with Gasteiger partial charge in [0.1, 0.15) is 0 Å². The summed E-state index contributed by atoms with van der Waals surface area (Å²) in [5.41, 5.74) is 3.20. The van der Waals surface area contributed by atoms with E-state index in [2.05, 4.69) is 17.6 Å². The van der Waals surface area contributed by atoms with Gasteiger partial charge in [0.25, 0.3) is 5.91 Å². The van der Waals surface area contributed by atoms with Gasteiger partial charge in [0.2, 0.25) is 0 Å². The van der Waals surface area contributed by atoms with Crippen LogP contribution in [0, 0.1) is 0 Å². The average molecular weight is 366 g/mol. The van der Waals surface area contributed by atoms with Crippen molar-refractivity contribution in [1.82, 2.24) is 4.90 Å². The number of hydrogen-bond acceptors (Lipinski definition) is 5. The number of methoxy groups -OCH3 is 2. The first-order chi connectivity index (χ1) is 12.6. The van der Waals surface area contributed by atoms with Crippen molar-refractivity contribution in [3.05, 3.63) is 53.7 Å². The smallest absolute Gasteiger partial charge is 0.260 e. The molecule has 2 heterocycles. The number of ether oxygens (including phenoxy) is 2. The number of amides is 1. The molecule has 0 N–H and O–H groups in total. The Hall–Kier alpha value is -2.73. The van der Waals surface area contributed by atoms with Gasteiger partial charge in [0, 0.05) is 29.8 Å². The van der Waals surface area contributed by atoms with Gasteiger partial charge in [0.05, 0.1) is 31.5 Å². The highest BCUT2D eigenvalue weighted by Gasteiger charge is 2.33. The molecular weight excluding hydrogens is 348 g/mol. The Bertz CT molecular complexity index is 952. The maximum absolute atomic E-state index is 13.1. The van der Waals surface area contributed by atoms with Crippen molar-refractivity contribution >= 4 is 36.0 Å². The Labute approximate surface area is 157 Å². The molecule has 6 heteroatoms. The van der Waals surface area contributed by atoms with Crippen molar-refractivity contribution in [2.45, 2.75) is 17.4 Å². The molecule has 2 aromatic rings. The van der Waals surface area contributed by atoms with Crippen LogP contribution in [0.5, 0.6) is 11.5 Å². The highest BCUT2D eigenvalue weighted by atomic mass is 32.1. The Kier molecular flexibility index (Phi) is 4.20. The predicted molar refractivity (Wildman–Crippen MR) is 104 cm³/mol. The second-order valence-electron chi connectivity index (χ2n) is 6.16.